The Morgan fingerprint density at radius 3 is 2.74 bits per heavy atom. The third-order valence-corrected chi connectivity index (χ3v) is 4.47. The van der Waals surface area contributed by atoms with Crippen molar-refractivity contribution in [1.29, 1.82) is 0 Å². The summed E-state index contributed by atoms with van der Waals surface area (Å²) >= 11 is 0. The molecule has 1 saturated heterocycles. The molecular formula is C19H20N6O2. The lowest BCUT2D eigenvalue weighted by Crippen LogP contribution is -2.36. The second-order valence-electron chi connectivity index (χ2n) is 6.38. The van der Waals surface area contributed by atoms with Crippen LogP contribution in [0.3, 0.4) is 0 Å². The Balaban J connectivity index is 1.68. The number of benzene rings is 2. The molecule has 0 bridgehead atoms. The lowest BCUT2D eigenvalue weighted by molar-refractivity contribution is 0.102. The number of rotatable bonds is 4. The van der Waals surface area contributed by atoms with Crippen molar-refractivity contribution in [3.63, 3.8) is 0 Å². The van der Waals surface area contributed by atoms with Crippen molar-refractivity contribution in [1.82, 2.24) is 20.2 Å². The van der Waals surface area contributed by atoms with Crippen LogP contribution in [0.1, 0.15) is 15.9 Å². The Labute approximate surface area is 156 Å². The van der Waals surface area contributed by atoms with Gasteiger partial charge in [-0.2, -0.15) is 0 Å². The van der Waals surface area contributed by atoms with Crippen molar-refractivity contribution in [3.05, 3.63) is 59.9 Å². The van der Waals surface area contributed by atoms with Crippen LogP contribution in [0.15, 0.2) is 48.8 Å². The molecule has 1 aliphatic rings. The molecule has 1 aromatic heterocycles. The summed E-state index contributed by atoms with van der Waals surface area (Å²) in [5.41, 5.74) is 4.11. The molecule has 1 amide bonds. The lowest BCUT2D eigenvalue weighted by atomic mass is 10.1. The summed E-state index contributed by atoms with van der Waals surface area (Å²) in [4.78, 5) is 15.0. The van der Waals surface area contributed by atoms with Gasteiger partial charge in [0.15, 0.2) is 0 Å². The van der Waals surface area contributed by atoms with Gasteiger partial charge in [-0.15, -0.1) is 5.10 Å². The topological polar surface area (TPSA) is 85.2 Å². The Kier molecular flexibility index (Phi) is 4.80. The number of aromatic nitrogens is 4. The average Bonchev–Trinajstić information content (AvgIpc) is 3.23. The summed E-state index contributed by atoms with van der Waals surface area (Å²) < 4.78 is 7.01. The Morgan fingerprint density at radius 2 is 2.00 bits per heavy atom. The summed E-state index contributed by atoms with van der Waals surface area (Å²) in [6.45, 7) is 4.85. The maximum absolute atomic E-state index is 12.8. The van der Waals surface area contributed by atoms with E-state index in [9.17, 15) is 4.79 Å². The van der Waals surface area contributed by atoms with Crippen LogP contribution in [-0.2, 0) is 4.74 Å². The first kappa shape index (κ1) is 17.2. The van der Waals surface area contributed by atoms with E-state index in [4.69, 9.17) is 4.74 Å². The van der Waals surface area contributed by atoms with Gasteiger partial charge in [-0.25, -0.2) is 4.68 Å². The van der Waals surface area contributed by atoms with Crippen LogP contribution in [0.4, 0.5) is 11.4 Å². The number of hydrogen-bond donors (Lipinski definition) is 1. The molecule has 1 fully saturated rings. The van der Waals surface area contributed by atoms with E-state index in [1.54, 1.807) is 4.68 Å². The highest BCUT2D eigenvalue weighted by Gasteiger charge is 2.18. The Hall–Kier alpha value is -3.26. The van der Waals surface area contributed by atoms with Gasteiger partial charge in [0.25, 0.3) is 5.91 Å². The maximum atomic E-state index is 12.8. The molecule has 0 unspecified atom stereocenters. The van der Waals surface area contributed by atoms with Crippen LogP contribution < -0.4 is 10.2 Å². The van der Waals surface area contributed by atoms with Gasteiger partial charge in [-0.1, -0.05) is 17.7 Å². The number of ether oxygens (including phenoxy) is 1. The zero-order chi connectivity index (χ0) is 18.6. The fraction of sp³-hybridized carbons (Fsp3) is 0.263. The largest absolute Gasteiger partial charge is 0.378 e. The molecular weight excluding hydrogens is 344 g/mol. The molecule has 4 rings (SSSR count). The van der Waals surface area contributed by atoms with Crippen LogP contribution in [0.2, 0.25) is 0 Å². The van der Waals surface area contributed by atoms with Crippen LogP contribution >= 0.6 is 0 Å². The number of anilines is 2. The van der Waals surface area contributed by atoms with Gasteiger partial charge in [-0.05, 0) is 47.7 Å². The van der Waals surface area contributed by atoms with Crippen LogP contribution in [0.5, 0.6) is 0 Å². The molecule has 2 aromatic carbocycles. The number of carbonyl (C=O) groups excluding carboxylic acids is 1. The number of nitrogens with zero attached hydrogens (tertiary/aromatic N) is 5. The summed E-state index contributed by atoms with van der Waals surface area (Å²) in [6.07, 6.45) is 1.52. The summed E-state index contributed by atoms with van der Waals surface area (Å²) in [5.74, 6) is -0.151. The number of morpholine rings is 1. The molecule has 27 heavy (non-hydrogen) atoms. The normalized spacial score (nSPS) is 14.2. The average molecular weight is 364 g/mol. The molecule has 0 spiro atoms. The van der Waals surface area contributed by atoms with Gasteiger partial charge in [0.05, 0.1) is 30.3 Å². The zero-order valence-corrected chi connectivity index (χ0v) is 15.0. The smallest absolute Gasteiger partial charge is 0.255 e. The van der Waals surface area contributed by atoms with Crippen LogP contribution in [0, 0.1) is 6.92 Å². The predicted octanol–water partition coefficient (Wildman–Crippen LogP) is 2.06. The second kappa shape index (κ2) is 7.55. The highest BCUT2D eigenvalue weighted by molar-refractivity contribution is 6.06. The molecule has 0 atom stereocenters. The third-order valence-electron chi connectivity index (χ3n) is 4.47. The van der Waals surface area contributed by atoms with E-state index < -0.39 is 0 Å². The first-order valence-corrected chi connectivity index (χ1v) is 8.79. The quantitative estimate of drug-likeness (QED) is 0.763. The molecule has 0 radical (unpaired) electrons. The monoisotopic (exact) mass is 364 g/mol. The second-order valence-corrected chi connectivity index (χ2v) is 6.38. The number of amides is 1. The standard InChI is InChI=1S/C19H20N6O2/c1-14-3-2-4-15(11-14)19(26)21-17-12-16(25-13-20-22-23-25)5-6-18(17)24-7-9-27-10-8-24/h2-6,11-13H,7-10H2,1H3,(H,21,26). The molecule has 2 heterocycles. The van der Waals surface area contributed by atoms with E-state index in [2.05, 4.69) is 25.7 Å². The van der Waals surface area contributed by atoms with E-state index in [0.29, 0.717) is 18.8 Å². The molecule has 0 saturated carbocycles. The zero-order valence-electron chi connectivity index (χ0n) is 15.0. The minimum absolute atomic E-state index is 0.151. The molecule has 8 nitrogen and oxygen atoms in total. The SMILES string of the molecule is Cc1cccc(C(=O)Nc2cc(-n3cnnn3)ccc2N2CCOCC2)c1. The highest BCUT2D eigenvalue weighted by atomic mass is 16.5. The van der Waals surface area contributed by atoms with Crippen molar-refractivity contribution in [2.24, 2.45) is 0 Å². The molecule has 1 N–H and O–H groups in total. The van der Waals surface area contributed by atoms with Gasteiger partial charge >= 0.3 is 0 Å². The first-order valence-electron chi connectivity index (χ1n) is 8.79. The number of aryl methyl sites for hydroxylation is 1. The molecule has 138 valence electrons. The lowest BCUT2D eigenvalue weighted by Gasteiger charge is -2.30. The summed E-state index contributed by atoms with van der Waals surface area (Å²) in [6, 6.07) is 13.3. The van der Waals surface area contributed by atoms with E-state index in [1.165, 1.54) is 6.33 Å². The van der Waals surface area contributed by atoms with Gasteiger partial charge < -0.3 is 15.0 Å². The number of hydrogen-bond acceptors (Lipinski definition) is 6. The summed E-state index contributed by atoms with van der Waals surface area (Å²) in [5, 5.41) is 14.3. The van der Waals surface area contributed by atoms with Gasteiger partial charge in [0.2, 0.25) is 0 Å². The highest BCUT2D eigenvalue weighted by Crippen LogP contribution is 2.29. The van der Waals surface area contributed by atoms with Crippen molar-refractivity contribution in [2.45, 2.75) is 6.92 Å². The molecule has 3 aromatic rings. The third kappa shape index (κ3) is 3.80. The molecule has 8 heteroatoms. The maximum Gasteiger partial charge on any atom is 0.255 e. The minimum Gasteiger partial charge on any atom is -0.378 e. The molecule has 1 aliphatic heterocycles. The summed E-state index contributed by atoms with van der Waals surface area (Å²) in [7, 11) is 0. The number of nitrogens with one attached hydrogen (secondary N) is 1. The van der Waals surface area contributed by atoms with E-state index in [-0.39, 0.29) is 5.91 Å². The number of tetrazole rings is 1. The Morgan fingerprint density at radius 1 is 1.15 bits per heavy atom. The minimum atomic E-state index is -0.151. The van der Waals surface area contributed by atoms with Crippen LogP contribution in [-0.4, -0.2) is 52.4 Å². The van der Waals surface area contributed by atoms with Crippen molar-refractivity contribution < 1.29 is 9.53 Å². The first-order chi connectivity index (χ1) is 13.2. The Bertz CT molecular complexity index is 935. The molecule has 0 aliphatic carbocycles. The van der Waals surface area contributed by atoms with E-state index in [1.807, 2.05) is 49.4 Å². The van der Waals surface area contributed by atoms with E-state index in [0.717, 1.165) is 35.7 Å². The van der Waals surface area contributed by atoms with Crippen molar-refractivity contribution in [2.75, 3.05) is 36.5 Å². The van der Waals surface area contributed by atoms with Gasteiger partial charge in [0.1, 0.15) is 6.33 Å². The van der Waals surface area contributed by atoms with Crippen molar-refractivity contribution in [3.8, 4) is 5.69 Å². The number of carbonyl (C=O) groups is 1. The fourth-order valence-corrected chi connectivity index (χ4v) is 3.11. The fourth-order valence-electron chi connectivity index (χ4n) is 3.11. The van der Waals surface area contributed by atoms with E-state index >= 15 is 0 Å². The van der Waals surface area contributed by atoms with Crippen molar-refractivity contribution >= 4 is 17.3 Å². The predicted molar refractivity (Wildman–Crippen MR) is 101 cm³/mol. The van der Waals surface area contributed by atoms with Gasteiger partial charge in [0, 0.05) is 18.7 Å². The van der Waals surface area contributed by atoms with Crippen LogP contribution in [0.25, 0.3) is 5.69 Å². The van der Waals surface area contributed by atoms with Gasteiger partial charge in [-0.3, -0.25) is 4.79 Å².